The van der Waals surface area contributed by atoms with Gasteiger partial charge < -0.3 is 10.1 Å². The van der Waals surface area contributed by atoms with Crippen LogP contribution in [0.15, 0.2) is 30.0 Å². The summed E-state index contributed by atoms with van der Waals surface area (Å²) in [5, 5.41) is 2.86. The van der Waals surface area contributed by atoms with Crippen LogP contribution in [-0.4, -0.2) is 24.0 Å². The number of hydrogen-bond donors (Lipinski definition) is 1. The molecule has 116 valence electrons. The van der Waals surface area contributed by atoms with Gasteiger partial charge in [-0.3, -0.25) is 4.79 Å². The summed E-state index contributed by atoms with van der Waals surface area (Å²) in [5.74, 6) is -1.41. The van der Waals surface area contributed by atoms with E-state index in [1.807, 2.05) is 0 Å². The second-order valence-corrected chi connectivity index (χ2v) is 5.61. The van der Waals surface area contributed by atoms with Crippen LogP contribution in [-0.2, 0) is 14.3 Å². The molecule has 22 heavy (non-hydrogen) atoms. The summed E-state index contributed by atoms with van der Waals surface area (Å²) in [4.78, 5) is 36.6. The molecule has 0 aliphatic carbocycles. The molecule has 0 spiro atoms. The fourth-order valence-corrected chi connectivity index (χ4v) is 2.34. The number of ether oxygens (including phenoxy) is 1. The quantitative estimate of drug-likeness (QED) is 0.520. The van der Waals surface area contributed by atoms with Crippen LogP contribution >= 0.6 is 23.2 Å². The van der Waals surface area contributed by atoms with Crippen molar-refractivity contribution in [1.82, 2.24) is 5.32 Å². The van der Waals surface area contributed by atoms with Gasteiger partial charge in [0.15, 0.2) is 0 Å². The zero-order chi connectivity index (χ0) is 16.4. The zero-order valence-corrected chi connectivity index (χ0v) is 13.2. The third kappa shape index (κ3) is 3.58. The van der Waals surface area contributed by atoms with E-state index in [-0.39, 0.29) is 27.5 Å². The Morgan fingerprint density at radius 2 is 1.82 bits per heavy atom. The van der Waals surface area contributed by atoms with E-state index >= 15 is 0 Å². The lowest BCUT2D eigenvalue weighted by Gasteiger charge is -2.12. The molecular formula is C14H12Cl2N2O4. The van der Waals surface area contributed by atoms with Gasteiger partial charge in [-0.1, -0.05) is 23.2 Å². The van der Waals surface area contributed by atoms with Crippen LogP contribution in [0.3, 0.4) is 0 Å². The third-order valence-corrected chi connectivity index (χ3v) is 3.03. The second kappa shape index (κ2) is 6.37. The van der Waals surface area contributed by atoms with Crippen molar-refractivity contribution in [1.29, 1.82) is 0 Å². The summed E-state index contributed by atoms with van der Waals surface area (Å²) in [6.45, 7) is 3.34. The number of urea groups is 1. The van der Waals surface area contributed by atoms with Gasteiger partial charge >= 0.3 is 12.0 Å². The van der Waals surface area contributed by atoms with Crippen LogP contribution < -0.4 is 10.2 Å². The first-order chi connectivity index (χ1) is 10.3. The third-order valence-electron chi connectivity index (χ3n) is 2.60. The standard InChI is InChI=1S/C14H12Cl2N2O4/c1-7(2)22-12(19)6-11-13(20)18(14(21)17-11)10-4-8(15)3-9(16)5-10/h3-7H,1-2H3,(H,17,21)/b11-6-. The van der Waals surface area contributed by atoms with Crippen LogP contribution in [0.2, 0.25) is 10.0 Å². The Balaban J connectivity index is 2.29. The van der Waals surface area contributed by atoms with Crippen molar-refractivity contribution < 1.29 is 19.1 Å². The largest absolute Gasteiger partial charge is 0.460 e. The molecule has 0 bridgehead atoms. The number of esters is 1. The van der Waals surface area contributed by atoms with E-state index < -0.39 is 17.9 Å². The van der Waals surface area contributed by atoms with E-state index in [1.54, 1.807) is 13.8 Å². The molecule has 1 saturated heterocycles. The summed E-state index contributed by atoms with van der Waals surface area (Å²) < 4.78 is 4.90. The lowest BCUT2D eigenvalue weighted by Crippen LogP contribution is -2.30. The fraction of sp³-hybridized carbons (Fsp3) is 0.214. The lowest BCUT2D eigenvalue weighted by atomic mass is 10.3. The molecule has 0 atom stereocenters. The summed E-state index contributed by atoms with van der Waals surface area (Å²) >= 11 is 11.7. The fourth-order valence-electron chi connectivity index (χ4n) is 1.82. The Kier molecular flexibility index (Phi) is 4.73. The summed E-state index contributed by atoms with van der Waals surface area (Å²) in [6.07, 6.45) is 0.603. The summed E-state index contributed by atoms with van der Waals surface area (Å²) in [7, 11) is 0. The van der Waals surface area contributed by atoms with Crippen LogP contribution in [0.1, 0.15) is 13.8 Å². The number of anilines is 1. The van der Waals surface area contributed by atoms with E-state index in [1.165, 1.54) is 18.2 Å². The van der Waals surface area contributed by atoms with Crippen molar-refractivity contribution in [2.24, 2.45) is 0 Å². The number of carbonyl (C=O) groups excluding carboxylic acids is 3. The molecule has 6 nitrogen and oxygen atoms in total. The molecule has 0 saturated carbocycles. The zero-order valence-electron chi connectivity index (χ0n) is 11.7. The molecule has 1 aliphatic rings. The molecule has 1 aromatic rings. The van der Waals surface area contributed by atoms with Crippen molar-refractivity contribution in [2.75, 3.05) is 4.90 Å². The van der Waals surface area contributed by atoms with Crippen molar-refractivity contribution in [2.45, 2.75) is 20.0 Å². The molecule has 8 heteroatoms. The molecule has 1 heterocycles. The average molecular weight is 343 g/mol. The molecule has 1 N–H and O–H groups in total. The highest BCUT2D eigenvalue weighted by Crippen LogP contribution is 2.28. The second-order valence-electron chi connectivity index (χ2n) is 4.74. The molecule has 1 aliphatic heterocycles. The van der Waals surface area contributed by atoms with E-state index in [0.29, 0.717) is 0 Å². The normalized spacial score (nSPS) is 16.4. The van der Waals surface area contributed by atoms with Gasteiger partial charge in [-0.05, 0) is 32.0 Å². The molecule has 2 rings (SSSR count). The Morgan fingerprint density at radius 1 is 1.23 bits per heavy atom. The summed E-state index contributed by atoms with van der Waals surface area (Å²) in [5.41, 5.74) is 0.0346. The Labute approximate surface area is 136 Å². The molecular weight excluding hydrogens is 331 g/mol. The first-order valence-electron chi connectivity index (χ1n) is 6.32. The predicted octanol–water partition coefficient (Wildman–Crippen LogP) is 2.89. The molecule has 3 amide bonds. The minimum Gasteiger partial charge on any atom is -0.460 e. The lowest BCUT2D eigenvalue weighted by molar-refractivity contribution is -0.141. The van der Waals surface area contributed by atoms with Crippen LogP contribution in [0.5, 0.6) is 0 Å². The average Bonchev–Trinajstić information content (AvgIpc) is 2.61. The highest BCUT2D eigenvalue weighted by atomic mass is 35.5. The van der Waals surface area contributed by atoms with E-state index in [0.717, 1.165) is 11.0 Å². The molecule has 1 fully saturated rings. The number of imide groups is 1. The topological polar surface area (TPSA) is 75.7 Å². The number of benzene rings is 1. The van der Waals surface area contributed by atoms with Crippen LogP contribution in [0.25, 0.3) is 0 Å². The van der Waals surface area contributed by atoms with Gasteiger partial charge in [-0.15, -0.1) is 0 Å². The van der Waals surface area contributed by atoms with E-state index in [9.17, 15) is 14.4 Å². The van der Waals surface area contributed by atoms with E-state index in [2.05, 4.69) is 5.32 Å². The van der Waals surface area contributed by atoms with Crippen LogP contribution in [0.4, 0.5) is 10.5 Å². The molecule has 0 radical (unpaired) electrons. The number of nitrogens with zero attached hydrogens (tertiary/aromatic N) is 1. The van der Waals surface area contributed by atoms with Gasteiger partial charge in [0.1, 0.15) is 5.70 Å². The van der Waals surface area contributed by atoms with Gasteiger partial charge in [0, 0.05) is 10.0 Å². The predicted molar refractivity (Wildman–Crippen MR) is 81.8 cm³/mol. The minimum atomic E-state index is -0.718. The smallest absolute Gasteiger partial charge is 0.333 e. The number of nitrogens with one attached hydrogen (secondary N) is 1. The van der Waals surface area contributed by atoms with Gasteiger partial charge in [-0.25, -0.2) is 14.5 Å². The maximum absolute atomic E-state index is 12.2. The van der Waals surface area contributed by atoms with Crippen molar-refractivity contribution in [3.8, 4) is 0 Å². The van der Waals surface area contributed by atoms with Crippen molar-refractivity contribution in [3.63, 3.8) is 0 Å². The monoisotopic (exact) mass is 342 g/mol. The SMILES string of the molecule is CC(C)OC(=O)/C=C1\NC(=O)N(c2cc(Cl)cc(Cl)c2)C1=O. The highest BCUT2D eigenvalue weighted by molar-refractivity contribution is 6.36. The van der Waals surface area contributed by atoms with Gasteiger partial charge in [-0.2, -0.15) is 0 Å². The minimum absolute atomic E-state index is 0.174. The number of halogens is 2. The maximum Gasteiger partial charge on any atom is 0.333 e. The highest BCUT2D eigenvalue weighted by Gasteiger charge is 2.35. The maximum atomic E-state index is 12.2. The Bertz CT molecular complexity index is 665. The number of rotatable bonds is 3. The van der Waals surface area contributed by atoms with Gasteiger partial charge in [0.25, 0.3) is 5.91 Å². The Morgan fingerprint density at radius 3 is 2.36 bits per heavy atom. The Hall–Kier alpha value is -2.05. The number of amides is 3. The summed E-state index contributed by atoms with van der Waals surface area (Å²) in [6, 6.07) is 3.61. The molecule has 0 aromatic heterocycles. The van der Waals surface area contributed by atoms with E-state index in [4.69, 9.17) is 27.9 Å². The number of hydrogen-bond acceptors (Lipinski definition) is 4. The molecule has 1 aromatic carbocycles. The van der Waals surface area contributed by atoms with Crippen LogP contribution in [0, 0.1) is 0 Å². The first kappa shape index (κ1) is 16.3. The van der Waals surface area contributed by atoms with Crippen molar-refractivity contribution >= 4 is 46.8 Å². The van der Waals surface area contributed by atoms with Gasteiger partial charge in [0.2, 0.25) is 0 Å². The molecule has 0 unspecified atom stereocenters. The van der Waals surface area contributed by atoms with Gasteiger partial charge in [0.05, 0.1) is 17.9 Å². The van der Waals surface area contributed by atoms with Crippen molar-refractivity contribution in [3.05, 3.63) is 40.0 Å². The first-order valence-corrected chi connectivity index (χ1v) is 7.07. The number of carbonyl (C=O) groups is 3.